The molecule has 0 unspecified atom stereocenters. The Balaban J connectivity index is 1.79. The number of nitrogens with zero attached hydrogens (tertiary/aromatic N) is 2. The second-order valence-electron chi connectivity index (χ2n) is 6.13. The van der Waals surface area contributed by atoms with Gasteiger partial charge in [0, 0.05) is 23.4 Å². The number of thioether (sulfide) groups is 1. The molecule has 4 nitrogen and oxygen atoms in total. The molecule has 0 saturated carbocycles. The number of benzene rings is 1. The normalized spacial score (nSPS) is 11.8. The van der Waals surface area contributed by atoms with Crippen molar-refractivity contribution in [2.45, 2.75) is 50.3 Å². The lowest BCUT2D eigenvalue weighted by Crippen LogP contribution is -2.37. The van der Waals surface area contributed by atoms with E-state index in [1.54, 1.807) is 11.8 Å². The Bertz CT molecular complexity index is 558. The van der Waals surface area contributed by atoms with Gasteiger partial charge in [0.1, 0.15) is 0 Å². The maximum absolute atomic E-state index is 5.27. The largest absolute Gasteiger partial charge is 0.339 e. The third-order valence-electron chi connectivity index (χ3n) is 2.89. The van der Waals surface area contributed by atoms with Gasteiger partial charge in [0.05, 0.1) is 5.75 Å². The minimum Gasteiger partial charge on any atom is -0.339 e. The second-order valence-corrected chi connectivity index (χ2v) is 7.18. The van der Waals surface area contributed by atoms with E-state index in [2.05, 4.69) is 67.4 Å². The molecule has 0 radical (unpaired) electrons. The van der Waals surface area contributed by atoms with Crippen molar-refractivity contribution in [1.82, 2.24) is 15.5 Å². The molecule has 0 amide bonds. The summed E-state index contributed by atoms with van der Waals surface area (Å²) in [6.07, 6.45) is 0.763. The SMILES string of the molecule is Cc1ccc(SCc2noc(CCNC(C)(C)C)n2)cc1. The van der Waals surface area contributed by atoms with Crippen molar-refractivity contribution < 1.29 is 4.52 Å². The zero-order valence-corrected chi connectivity index (χ0v) is 14.0. The average molecular weight is 305 g/mol. The molecule has 0 saturated heterocycles. The lowest BCUT2D eigenvalue weighted by molar-refractivity contribution is 0.359. The van der Waals surface area contributed by atoms with Crippen LogP contribution in [0.25, 0.3) is 0 Å². The zero-order valence-electron chi connectivity index (χ0n) is 13.1. The summed E-state index contributed by atoms with van der Waals surface area (Å²) in [7, 11) is 0. The van der Waals surface area contributed by atoms with Crippen LogP contribution in [0.4, 0.5) is 0 Å². The highest BCUT2D eigenvalue weighted by Crippen LogP contribution is 2.21. The van der Waals surface area contributed by atoms with Crippen LogP contribution >= 0.6 is 11.8 Å². The predicted molar refractivity (Wildman–Crippen MR) is 86.5 cm³/mol. The molecule has 0 aliphatic carbocycles. The highest BCUT2D eigenvalue weighted by Gasteiger charge is 2.10. The van der Waals surface area contributed by atoms with E-state index in [0.29, 0.717) is 5.89 Å². The third-order valence-corrected chi connectivity index (χ3v) is 3.90. The Morgan fingerprint density at radius 1 is 1.19 bits per heavy atom. The Kier molecular flexibility index (Phi) is 5.42. The molecule has 1 heterocycles. The first kappa shape index (κ1) is 16.0. The molecular weight excluding hydrogens is 282 g/mol. The number of aryl methyl sites for hydroxylation is 1. The minimum absolute atomic E-state index is 0.115. The van der Waals surface area contributed by atoms with Crippen LogP contribution in [0.3, 0.4) is 0 Å². The third kappa shape index (κ3) is 5.89. The van der Waals surface area contributed by atoms with Gasteiger partial charge < -0.3 is 9.84 Å². The summed E-state index contributed by atoms with van der Waals surface area (Å²) in [5.74, 6) is 2.19. The van der Waals surface area contributed by atoms with Crippen LogP contribution in [-0.2, 0) is 12.2 Å². The van der Waals surface area contributed by atoms with Crippen LogP contribution in [-0.4, -0.2) is 22.2 Å². The van der Waals surface area contributed by atoms with E-state index in [0.717, 1.165) is 24.5 Å². The van der Waals surface area contributed by atoms with E-state index >= 15 is 0 Å². The molecule has 1 N–H and O–H groups in total. The first-order chi connectivity index (χ1) is 9.92. The van der Waals surface area contributed by atoms with Crippen molar-refractivity contribution in [3.63, 3.8) is 0 Å². The van der Waals surface area contributed by atoms with Crippen LogP contribution in [0.15, 0.2) is 33.7 Å². The molecule has 0 spiro atoms. The molecule has 21 heavy (non-hydrogen) atoms. The van der Waals surface area contributed by atoms with Gasteiger partial charge in [-0.25, -0.2) is 0 Å². The molecule has 0 atom stereocenters. The molecule has 0 bridgehead atoms. The van der Waals surface area contributed by atoms with E-state index in [4.69, 9.17) is 4.52 Å². The monoisotopic (exact) mass is 305 g/mol. The minimum atomic E-state index is 0.115. The fourth-order valence-corrected chi connectivity index (χ4v) is 2.52. The van der Waals surface area contributed by atoms with E-state index in [-0.39, 0.29) is 5.54 Å². The summed E-state index contributed by atoms with van der Waals surface area (Å²) in [6, 6.07) is 8.47. The molecule has 1 aromatic carbocycles. The molecule has 5 heteroatoms. The molecule has 0 fully saturated rings. The standard InChI is InChI=1S/C16H23N3OS/c1-12-5-7-13(8-6-12)21-11-14-18-15(20-19-14)9-10-17-16(2,3)4/h5-8,17H,9-11H2,1-4H3. The van der Waals surface area contributed by atoms with Crippen molar-refractivity contribution in [3.8, 4) is 0 Å². The molecule has 0 aliphatic rings. The first-order valence-corrected chi connectivity index (χ1v) is 8.17. The second kappa shape index (κ2) is 7.09. The van der Waals surface area contributed by atoms with Crippen LogP contribution < -0.4 is 5.32 Å². The quantitative estimate of drug-likeness (QED) is 0.826. The highest BCUT2D eigenvalue weighted by atomic mass is 32.2. The van der Waals surface area contributed by atoms with Gasteiger partial charge in [-0.2, -0.15) is 4.98 Å². The lowest BCUT2D eigenvalue weighted by atomic mass is 10.1. The Hall–Kier alpha value is -1.33. The summed E-state index contributed by atoms with van der Waals surface area (Å²) < 4.78 is 5.27. The van der Waals surface area contributed by atoms with Crippen LogP contribution in [0.2, 0.25) is 0 Å². The fraction of sp³-hybridized carbons (Fsp3) is 0.500. The molecule has 0 aliphatic heterocycles. The van der Waals surface area contributed by atoms with Crippen LogP contribution in [0.5, 0.6) is 0 Å². The summed E-state index contributed by atoms with van der Waals surface area (Å²) in [5, 5.41) is 7.44. The molecular formula is C16H23N3OS. The Morgan fingerprint density at radius 3 is 2.57 bits per heavy atom. The molecule has 1 aromatic heterocycles. The highest BCUT2D eigenvalue weighted by molar-refractivity contribution is 7.98. The number of hydrogen-bond acceptors (Lipinski definition) is 5. The smallest absolute Gasteiger partial charge is 0.227 e. The molecule has 2 aromatic rings. The number of aromatic nitrogens is 2. The summed E-state index contributed by atoms with van der Waals surface area (Å²) in [5.41, 5.74) is 1.39. The predicted octanol–water partition coefficient (Wildman–Crippen LogP) is 3.60. The Labute approximate surface area is 130 Å². The van der Waals surface area contributed by atoms with Gasteiger partial charge in [-0.1, -0.05) is 22.9 Å². The van der Waals surface area contributed by atoms with E-state index < -0.39 is 0 Å². The summed E-state index contributed by atoms with van der Waals surface area (Å²) >= 11 is 1.72. The van der Waals surface area contributed by atoms with Crippen LogP contribution in [0.1, 0.15) is 38.0 Å². The maximum Gasteiger partial charge on any atom is 0.227 e. The molecule has 114 valence electrons. The van der Waals surface area contributed by atoms with E-state index in [1.165, 1.54) is 10.5 Å². The Morgan fingerprint density at radius 2 is 1.90 bits per heavy atom. The van der Waals surface area contributed by atoms with E-state index in [9.17, 15) is 0 Å². The zero-order chi connectivity index (χ0) is 15.3. The average Bonchev–Trinajstić information content (AvgIpc) is 2.85. The van der Waals surface area contributed by atoms with Crippen molar-refractivity contribution in [2.24, 2.45) is 0 Å². The fourth-order valence-electron chi connectivity index (χ4n) is 1.78. The first-order valence-electron chi connectivity index (χ1n) is 7.18. The number of nitrogens with one attached hydrogen (secondary N) is 1. The van der Waals surface area contributed by atoms with Crippen molar-refractivity contribution in [2.75, 3.05) is 6.54 Å². The summed E-state index contributed by atoms with van der Waals surface area (Å²) in [6.45, 7) is 9.36. The maximum atomic E-state index is 5.27. The van der Waals surface area contributed by atoms with Gasteiger partial charge in [0.2, 0.25) is 5.89 Å². The van der Waals surface area contributed by atoms with Crippen LogP contribution in [0, 0.1) is 6.92 Å². The van der Waals surface area contributed by atoms with Gasteiger partial charge in [-0.15, -0.1) is 11.8 Å². The number of hydrogen-bond donors (Lipinski definition) is 1. The summed E-state index contributed by atoms with van der Waals surface area (Å²) in [4.78, 5) is 5.65. The van der Waals surface area contributed by atoms with Crippen molar-refractivity contribution in [1.29, 1.82) is 0 Å². The van der Waals surface area contributed by atoms with Gasteiger partial charge in [-0.05, 0) is 39.8 Å². The lowest BCUT2D eigenvalue weighted by Gasteiger charge is -2.19. The van der Waals surface area contributed by atoms with Crippen molar-refractivity contribution in [3.05, 3.63) is 41.5 Å². The van der Waals surface area contributed by atoms with Crippen molar-refractivity contribution >= 4 is 11.8 Å². The topological polar surface area (TPSA) is 51.0 Å². The van der Waals surface area contributed by atoms with Gasteiger partial charge in [0.15, 0.2) is 5.82 Å². The number of rotatable bonds is 6. The van der Waals surface area contributed by atoms with Gasteiger partial charge in [-0.3, -0.25) is 0 Å². The molecule has 2 rings (SSSR count). The van der Waals surface area contributed by atoms with E-state index in [1.807, 2.05) is 0 Å². The van der Waals surface area contributed by atoms with Gasteiger partial charge >= 0.3 is 0 Å². The van der Waals surface area contributed by atoms with Gasteiger partial charge in [0.25, 0.3) is 0 Å².